The van der Waals surface area contributed by atoms with Gasteiger partial charge in [0.15, 0.2) is 0 Å². The van der Waals surface area contributed by atoms with Crippen LogP contribution in [0.4, 0.5) is 0 Å². The van der Waals surface area contributed by atoms with Crippen molar-refractivity contribution in [3.8, 4) is 11.5 Å². The number of esters is 1. The first kappa shape index (κ1) is 15.1. The second kappa shape index (κ2) is 6.94. The number of carbonyl (C=O) groups is 1. The first-order valence-corrected chi connectivity index (χ1v) is 7.41. The molecule has 4 nitrogen and oxygen atoms in total. The number of nitrogens with two attached hydrogens (primary N) is 1. The highest BCUT2D eigenvalue weighted by Crippen LogP contribution is 2.32. The highest BCUT2D eigenvalue weighted by atomic mass is 16.5. The van der Waals surface area contributed by atoms with Crippen molar-refractivity contribution in [2.24, 2.45) is 5.73 Å². The molecular formula is C19H17NO3. The maximum atomic E-state index is 12.2. The number of rotatable bonds is 5. The molecule has 0 unspecified atom stereocenters. The van der Waals surface area contributed by atoms with E-state index >= 15 is 0 Å². The summed E-state index contributed by atoms with van der Waals surface area (Å²) in [4.78, 5) is 12.2. The number of carbonyl (C=O) groups excluding carboxylic acids is 1. The molecule has 0 aliphatic carbocycles. The van der Waals surface area contributed by atoms with Crippen molar-refractivity contribution >= 4 is 16.7 Å². The Balaban J connectivity index is 1.94. The Hall–Kier alpha value is -2.85. The van der Waals surface area contributed by atoms with Crippen molar-refractivity contribution in [3.63, 3.8) is 0 Å². The third-order valence-electron chi connectivity index (χ3n) is 3.43. The molecule has 0 saturated carbocycles. The van der Waals surface area contributed by atoms with Crippen LogP contribution in [0.15, 0.2) is 66.7 Å². The van der Waals surface area contributed by atoms with Crippen LogP contribution in [0.25, 0.3) is 10.8 Å². The zero-order valence-electron chi connectivity index (χ0n) is 12.6. The van der Waals surface area contributed by atoms with Gasteiger partial charge < -0.3 is 15.2 Å². The van der Waals surface area contributed by atoms with Gasteiger partial charge in [0.05, 0.1) is 5.56 Å². The zero-order chi connectivity index (χ0) is 16.1. The number of hydrogen-bond donors (Lipinski definition) is 1. The smallest absolute Gasteiger partial charge is 0.343 e. The monoisotopic (exact) mass is 307 g/mol. The standard InChI is InChI=1S/C19H17NO3/c20-12-13-22-17-10-4-9-16-15(17)8-5-11-18(16)23-19(21)14-6-2-1-3-7-14/h1-11H,12-13,20H2. The number of ether oxygens (including phenoxy) is 2. The number of hydrogen-bond acceptors (Lipinski definition) is 4. The van der Waals surface area contributed by atoms with Crippen LogP contribution in [0.2, 0.25) is 0 Å². The third kappa shape index (κ3) is 3.33. The Labute approximate surface area is 134 Å². The zero-order valence-corrected chi connectivity index (χ0v) is 12.6. The minimum atomic E-state index is -0.383. The Bertz CT molecular complexity index is 815. The van der Waals surface area contributed by atoms with Crippen molar-refractivity contribution < 1.29 is 14.3 Å². The summed E-state index contributed by atoms with van der Waals surface area (Å²) in [7, 11) is 0. The predicted molar refractivity (Wildman–Crippen MR) is 89.9 cm³/mol. The summed E-state index contributed by atoms with van der Waals surface area (Å²) >= 11 is 0. The number of benzene rings is 3. The quantitative estimate of drug-likeness (QED) is 0.580. The normalized spacial score (nSPS) is 10.5. The molecule has 116 valence electrons. The van der Waals surface area contributed by atoms with Crippen LogP contribution >= 0.6 is 0 Å². The average Bonchev–Trinajstić information content (AvgIpc) is 2.61. The molecule has 0 saturated heterocycles. The fourth-order valence-corrected chi connectivity index (χ4v) is 2.37. The second-order valence-corrected chi connectivity index (χ2v) is 5.00. The lowest BCUT2D eigenvalue weighted by Crippen LogP contribution is -2.11. The molecule has 0 fully saturated rings. The molecule has 0 aromatic heterocycles. The maximum Gasteiger partial charge on any atom is 0.343 e. The van der Waals surface area contributed by atoms with E-state index in [1.165, 1.54) is 0 Å². The molecule has 0 amide bonds. The summed E-state index contributed by atoms with van der Waals surface area (Å²) in [6.07, 6.45) is 0. The lowest BCUT2D eigenvalue weighted by molar-refractivity contribution is 0.0737. The topological polar surface area (TPSA) is 61.6 Å². The van der Waals surface area contributed by atoms with Gasteiger partial charge in [-0.1, -0.05) is 42.5 Å². The average molecular weight is 307 g/mol. The molecule has 0 aliphatic heterocycles. The lowest BCUT2D eigenvalue weighted by atomic mass is 10.1. The summed E-state index contributed by atoms with van der Waals surface area (Å²) in [5.74, 6) is 0.853. The van der Waals surface area contributed by atoms with Gasteiger partial charge in [-0.05, 0) is 24.3 Å². The van der Waals surface area contributed by atoms with Crippen LogP contribution in [-0.4, -0.2) is 19.1 Å². The van der Waals surface area contributed by atoms with E-state index in [1.807, 2.05) is 36.4 Å². The first-order valence-electron chi connectivity index (χ1n) is 7.41. The van der Waals surface area contributed by atoms with Crippen LogP contribution in [0.5, 0.6) is 11.5 Å². The molecule has 0 heterocycles. The third-order valence-corrected chi connectivity index (χ3v) is 3.43. The molecule has 4 heteroatoms. The van der Waals surface area contributed by atoms with Crippen LogP contribution in [0, 0.1) is 0 Å². The largest absolute Gasteiger partial charge is 0.492 e. The van der Waals surface area contributed by atoms with Crippen LogP contribution in [0.1, 0.15) is 10.4 Å². The molecule has 0 bridgehead atoms. The molecule has 3 rings (SSSR count). The number of fused-ring (bicyclic) bond motifs is 1. The van der Waals surface area contributed by atoms with Crippen molar-refractivity contribution in [2.45, 2.75) is 0 Å². The predicted octanol–water partition coefficient (Wildman–Crippen LogP) is 3.40. The molecule has 0 aliphatic rings. The molecule has 2 N–H and O–H groups in total. The van der Waals surface area contributed by atoms with E-state index in [1.54, 1.807) is 30.3 Å². The molecule has 0 atom stereocenters. The fraction of sp³-hybridized carbons (Fsp3) is 0.105. The molecule has 3 aromatic carbocycles. The molecular weight excluding hydrogens is 290 g/mol. The van der Waals surface area contributed by atoms with E-state index in [-0.39, 0.29) is 5.97 Å². The minimum Gasteiger partial charge on any atom is -0.492 e. The van der Waals surface area contributed by atoms with Gasteiger partial charge in [-0.25, -0.2) is 4.79 Å². The fourth-order valence-electron chi connectivity index (χ4n) is 2.37. The molecule has 0 spiro atoms. The lowest BCUT2D eigenvalue weighted by Gasteiger charge is -2.11. The summed E-state index contributed by atoms with van der Waals surface area (Å²) in [6, 6.07) is 20.1. The van der Waals surface area contributed by atoms with Crippen molar-refractivity contribution in [1.29, 1.82) is 0 Å². The van der Waals surface area contributed by atoms with E-state index in [0.717, 1.165) is 16.5 Å². The highest BCUT2D eigenvalue weighted by molar-refractivity contribution is 5.97. The Kier molecular flexibility index (Phi) is 4.54. The SMILES string of the molecule is NCCOc1cccc2c(OC(=O)c3ccccc3)cccc12. The van der Waals surface area contributed by atoms with Gasteiger partial charge in [0.2, 0.25) is 0 Å². The van der Waals surface area contributed by atoms with E-state index < -0.39 is 0 Å². The summed E-state index contributed by atoms with van der Waals surface area (Å²) in [5, 5.41) is 1.71. The highest BCUT2D eigenvalue weighted by Gasteiger charge is 2.12. The Morgan fingerprint density at radius 1 is 0.826 bits per heavy atom. The van der Waals surface area contributed by atoms with E-state index in [0.29, 0.717) is 24.5 Å². The Morgan fingerprint density at radius 2 is 1.48 bits per heavy atom. The van der Waals surface area contributed by atoms with Gasteiger partial charge in [-0.2, -0.15) is 0 Å². The van der Waals surface area contributed by atoms with Gasteiger partial charge in [-0.3, -0.25) is 0 Å². The van der Waals surface area contributed by atoms with Crippen LogP contribution < -0.4 is 15.2 Å². The minimum absolute atomic E-state index is 0.383. The van der Waals surface area contributed by atoms with Crippen molar-refractivity contribution in [3.05, 3.63) is 72.3 Å². The van der Waals surface area contributed by atoms with Crippen LogP contribution in [0.3, 0.4) is 0 Å². The van der Waals surface area contributed by atoms with Gasteiger partial charge in [-0.15, -0.1) is 0 Å². The summed E-state index contributed by atoms with van der Waals surface area (Å²) < 4.78 is 11.2. The van der Waals surface area contributed by atoms with E-state index in [9.17, 15) is 4.79 Å². The van der Waals surface area contributed by atoms with Gasteiger partial charge in [0, 0.05) is 17.3 Å². The van der Waals surface area contributed by atoms with Gasteiger partial charge in [0.1, 0.15) is 18.1 Å². The van der Waals surface area contributed by atoms with Crippen molar-refractivity contribution in [2.75, 3.05) is 13.2 Å². The maximum absolute atomic E-state index is 12.2. The van der Waals surface area contributed by atoms with Crippen molar-refractivity contribution in [1.82, 2.24) is 0 Å². The molecule has 23 heavy (non-hydrogen) atoms. The van der Waals surface area contributed by atoms with Crippen LogP contribution in [-0.2, 0) is 0 Å². The molecule has 0 radical (unpaired) electrons. The van der Waals surface area contributed by atoms with E-state index in [4.69, 9.17) is 15.2 Å². The second-order valence-electron chi connectivity index (χ2n) is 5.00. The van der Waals surface area contributed by atoms with E-state index in [2.05, 4.69) is 0 Å². The van der Waals surface area contributed by atoms with Gasteiger partial charge in [0.25, 0.3) is 0 Å². The summed E-state index contributed by atoms with van der Waals surface area (Å²) in [5.41, 5.74) is 6.00. The Morgan fingerprint density at radius 3 is 2.17 bits per heavy atom. The van der Waals surface area contributed by atoms with Gasteiger partial charge >= 0.3 is 5.97 Å². The first-order chi connectivity index (χ1) is 11.3. The summed E-state index contributed by atoms with van der Waals surface area (Å²) in [6.45, 7) is 0.881. The molecule has 3 aromatic rings.